The predicted molar refractivity (Wildman–Crippen MR) is 196 cm³/mol. The van der Waals surface area contributed by atoms with Crippen LogP contribution in [0.5, 0.6) is 0 Å². The molecular weight excluding hydrogens is 556 g/mol. The van der Waals surface area contributed by atoms with Crippen LogP contribution in [0.1, 0.15) is 0 Å². The summed E-state index contributed by atoms with van der Waals surface area (Å²) in [4.78, 5) is 0. The third-order valence-corrected chi connectivity index (χ3v) is 9.68. The number of hydrogen-bond acceptors (Lipinski definition) is 0. The summed E-state index contributed by atoms with van der Waals surface area (Å²) >= 11 is 0. The molecule has 2 nitrogen and oxygen atoms in total. The van der Waals surface area contributed by atoms with Gasteiger partial charge < -0.3 is 9.13 Å². The molecular formula is C44H28N2. The van der Waals surface area contributed by atoms with E-state index in [2.05, 4.69) is 179 Å². The fraction of sp³-hybridized carbons (Fsp3) is 0. The van der Waals surface area contributed by atoms with E-state index in [0.29, 0.717) is 0 Å². The van der Waals surface area contributed by atoms with Gasteiger partial charge in [0.05, 0.1) is 27.8 Å². The van der Waals surface area contributed by atoms with Crippen LogP contribution in [0.2, 0.25) is 0 Å². The molecule has 214 valence electrons. The van der Waals surface area contributed by atoms with E-state index in [-0.39, 0.29) is 0 Å². The predicted octanol–water partition coefficient (Wildman–Crippen LogP) is 11.9. The van der Waals surface area contributed by atoms with Gasteiger partial charge in [-0.15, -0.1) is 0 Å². The molecule has 10 rings (SSSR count). The topological polar surface area (TPSA) is 9.86 Å². The first-order chi connectivity index (χ1) is 22.8. The van der Waals surface area contributed by atoms with Crippen LogP contribution in [0.15, 0.2) is 170 Å². The molecule has 10 aromatic rings. The Morgan fingerprint density at radius 2 is 0.826 bits per heavy atom. The first-order valence-electron chi connectivity index (χ1n) is 15.9. The van der Waals surface area contributed by atoms with E-state index in [4.69, 9.17) is 0 Å². The van der Waals surface area contributed by atoms with Crippen molar-refractivity contribution in [2.24, 2.45) is 0 Å². The van der Waals surface area contributed by atoms with Crippen LogP contribution in [-0.4, -0.2) is 9.13 Å². The minimum atomic E-state index is 1.17. The molecule has 0 N–H and O–H groups in total. The second-order valence-electron chi connectivity index (χ2n) is 12.2. The monoisotopic (exact) mass is 584 g/mol. The first kappa shape index (κ1) is 25.2. The van der Waals surface area contributed by atoms with Crippen molar-refractivity contribution in [3.05, 3.63) is 170 Å². The van der Waals surface area contributed by atoms with Gasteiger partial charge in [-0.3, -0.25) is 0 Å². The average molecular weight is 585 g/mol. The molecule has 0 radical (unpaired) electrons. The van der Waals surface area contributed by atoms with Gasteiger partial charge in [-0.2, -0.15) is 0 Å². The van der Waals surface area contributed by atoms with Crippen LogP contribution < -0.4 is 0 Å². The highest BCUT2D eigenvalue weighted by molar-refractivity contribution is 6.16. The summed E-state index contributed by atoms with van der Waals surface area (Å²) < 4.78 is 4.85. The van der Waals surface area contributed by atoms with Crippen molar-refractivity contribution >= 4 is 65.2 Å². The number of fused-ring (bicyclic) bond motifs is 9. The maximum atomic E-state index is 2.46. The van der Waals surface area contributed by atoms with E-state index in [1.807, 2.05) is 0 Å². The Balaban J connectivity index is 1.23. The molecule has 0 amide bonds. The number of rotatable bonds is 3. The minimum absolute atomic E-state index is 1.17. The summed E-state index contributed by atoms with van der Waals surface area (Å²) in [5.74, 6) is 0. The summed E-state index contributed by atoms with van der Waals surface area (Å²) in [7, 11) is 0. The van der Waals surface area contributed by atoms with Crippen molar-refractivity contribution < 1.29 is 0 Å². The summed E-state index contributed by atoms with van der Waals surface area (Å²) in [5.41, 5.74) is 9.68. The number of nitrogens with zero attached hydrogens (tertiary/aromatic N) is 2. The second kappa shape index (κ2) is 9.69. The molecule has 0 aliphatic rings. The molecule has 2 heterocycles. The maximum Gasteiger partial charge on any atom is 0.0547 e. The zero-order valence-electron chi connectivity index (χ0n) is 25.1. The van der Waals surface area contributed by atoms with Gasteiger partial charge >= 0.3 is 0 Å². The largest absolute Gasteiger partial charge is 0.309 e. The van der Waals surface area contributed by atoms with Crippen LogP contribution >= 0.6 is 0 Å². The van der Waals surface area contributed by atoms with Crippen molar-refractivity contribution in [3.8, 4) is 22.5 Å². The van der Waals surface area contributed by atoms with E-state index in [0.717, 1.165) is 0 Å². The van der Waals surface area contributed by atoms with Gasteiger partial charge in [-0.25, -0.2) is 0 Å². The fourth-order valence-electron chi connectivity index (χ4n) is 7.64. The van der Waals surface area contributed by atoms with Crippen molar-refractivity contribution in [2.75, 3.05) is 0 Å². The molecule has 0 saturated heterocycles. The van der Waals surface area contributed by atoms with Gasteiger partial charge in [0.2, 0.25) is 0 Å². The smallest absolute Gasteiger partial charge is 0.0547 e. The van der Waals surface area contributed by atoms with Crippen LogP contribution in [0.25, 0.3) is 87.7 Å². The van der Waals surface area contributed by atoms with Gasteiger partial charge in [-0.1, -0.05) is 121 Å². The number of para-hydroxylation sites is 3. The van der Waals surface area contributed by atoms with Gasteiger partial charge in [0, 0.05) is 32.6 Å². The quantitative estimate of drug-likeness (QED) is 0.183. The van der Waals surface area contributed by atoms with E-state index in [1.165, 1.54) is 87.7 Å². The number of benzene rings is 8. The molecule has 0 spiro atoms. The Hall–Kier alpha value is -6.12. The summed E-state index contributed by atoms with van der Waals surface area (Å²) in [5, 5.41) is 10.1. The Kier molecular flexibility index (Phi) is 5.31. The number of hydrogen-bond donors (Lipinski definition) is 0. The molecule has 0 atom stereocenters. The van der Waals surface area contributed by atoms with Crippen LogP contribution in [0, 0.1) is 0 Å². The average Bonchev–Trinajstić information content (AvgIpc) is 3.64. The molecule has 0 aliphatic carbocycles. The van der Waals surface area contributed by atoms with Crippen molar-refractivity contribution in [1.29, 1.82) is 0 Å². The lowest BCUT2D eigenvalue weighted by Crippen LogP contribution is -1.96. The molecule has 2 heteroatoms. The third kappa shape index (κ3) is 3.59. The molecule has 0 aliphatic heterocycles. The molecule has 46 heavy (non-hydrogen) atoms. The molecule has 8 aromatic carbocycles. The van der Waals surface area contributed by atoms with E-state index in [1.54, 1.807) is 0 Å². The maximum absolute atomic E-state index is 2.46. The molecule has 0 bridgehead atoms. The van der Waals surface area contributed by atoms with E-state index < -0.39 is 0 Å². The Morgan fingerprint density at radius 3 is 1.63 bits per heavy atom. The van der Waals surface area contributed by atoms with Crippen molar-refractivity contribution in [3.63, 3.8) is 0 Å². The summed E-state index contributed by atoms with van der Waals surface area (Å²) in [6.07, 6.45) is 0. The lowest BCUT2D eigenvalue weighted by atomic mass is 10.00. The van der Waals surface area contributed by atoms with Gasteiger partial charge in [0.1, 0.15) is 0 Å². The van der Waals surface area contributed by atoms with Crippen LogP contribution in [-0.2, 0) is 0 Å². The fourth-order valence-corrected chi connectivity index (χ4v) is 7.64. The van der Waals surface area contributed by atoms with Crippen LogP contribution in [0.4, 0.5) is 0 Å². The highest BCUT2D eigenvalue weighted by atomic mass is 15.0. The van der Waals surface area contributed by atoms with Gasteiger partial charge in [-0.05, 0) is 75.8 Å². The normalized spacial score (nSPS) is 11.9. The van der Waals surface area contributed by atoms with Crippen LogP contribution in [0.3, 0.4) is 0 Å². The molecule has 0 saturated carbocycles. The second-order valence-corrected chi connectivity index (χ2v) is 12.2. The van der Waals surface area contributed by atoms with Gasteiger partial charge in [0.15, 0.2) is 0 Å². The zero-order chi connectivity index (χ0) is 30.2. The lowest BCUT2D eigenvalue weighted by molar-refractivity contribution is 1.18. The summed E-state index contributed by atoms with van der Waals surface area (Å²) in [6.45, 7) is 0. The van der Waals surface area contributed by atoms with E-state index in [9.17, 15) is 0 Å². The zero-order valence-corrected chi connectivity index (χ0v) is 25.1. The highest BCUT2D eigenvalue weighted by Gasteiger charge is 2.17. The highest BCUT2D eigenvalue weighted by Crippen LogP contribution is 2.40. The van der Waals surface area contributed by atoms with Gasteiger partial charge in [0.25, 0.3) is 0 Å². The Labute approximate surface area is 266 Å². The van der Waals surface area contributed by atoms with E-state index >= 15 is 0 Å². The lowest BCUT2D eigenvalue weighted by Gasteiger charge is -2.14. The minimum Gasteiger partial charge on any atom is -0.309 e. The molecule has 0 unspecified atom stereocenters. The van der Waals surface area contributed by atoms with Crippen molar-refractivity contribution in [1.82, 2.24) is 9.13 Å². The Morgan fingerprint density at radius 1 is 0.283 bits per heavy atom. The SMILES string of the molecule is c1ccc(-n2c3ccccc3c3ccc(-c4ccc5c(c4)c4ccccc4n5-c4cc5ccccc5c5ccccc45)cc32)cc1. The molecule has 2 aromatic heterocycles. The molecule has 0 fully saturated rings. The standard InChI is InChI=1S/C44H28N2/c1-2-13-32(14-3-1)45-40-20-10-8-18-36(40)38-24-22-30(27-43(38)45)29-23-25-42-39(26-29)37-19-9-11-21-41(37)46(42)44-28-31-12-4-5-15-33(31)34-16-6-7-17-35(34)44/h1-28H. The third-order valence-electron chi connectivity index (χ3n) is 9.68. The Bertz CT molecular complexity index is 2800. The first-order valence-corrected chi connectivity index (χ1v) is 15.9. The van der Waals surface area contributed by atoms with Crippen molar-refractivity contribution in [2.45, 2.75) is 0 Å². The summed E-state index contributed by atoms with van der Waals surface area (Å²) in [6, 6.07) is 62.0. The number of aromatic nitrogens is 2.